The number of nitrogens with zero attached hydrogens (tertiary/aromatic N) is 1. The number of alkyl halides is 3. The number of benzene rings is 2. The van der Waals surface area contributed by atoms with Crippen molar-refractivity contribution in [2.75, 3.05) is 13.1 Å². The van der Waals surface area contributed by atoms with Crippen LogP contribution in [0, 0.1) is 5.82 Å². The average Bonchev–Trinajstić information content (AvgIpc) is 3.54. The van der Waals surface area contributed by atoms with E-state index in [9.17, 15) is 22.4 Å². The molecule has 4 rings (SSSR count). The van der Waals surface area contributed by atoms with Crippen molar-refractivity contribution in [3.63, 3.8) is 0 Å². The number of para-hydroxylation sites is 1. The first kappa shape index (κ1) is 21.6. The summed E-state index contributed by atoms with van der Waals surface area (Å²) in [6.45, 7) is 1.78. The van der Waals surface area contributed by atoms with Crippen molar-refractivity contribution < 1.29 is 27.1 Å². The number of hydrogen-bond acceptors (Lipinski definition) is 3. The molecule has 1 aliphatic heterocycles. The molecule has 1 saturated heterocycles. The lowest BCUT2D eigenvalue weighted by atomic mass is 9.97. The average molecular weight is 436 g/mol. The van der Waals surface area contributed by atoms with Crippen LogP contribution in [0.4, 0.5) is 17.6 Å². The molecule has 2 N–H and O–H groups in total. The maximum Gasteiger partial charge on any atom is 0.419 e. The number of nitrogens with two attached hydrogens (primary N) is 1. The van der Waals surface area contributed by atoms with Gasteiger partial charge in [-0.05, 0) is 67.0 Å². The van der Waals surface area contributed by atoms with E-state index in [2.05, 4.69) is 4.90 Å². The van der Waals surface area contributed by atoms with Gasteiger partial charge in [0.25, 0.3) is 5.91 Å². The number of rotatable bonds is 6. The fraction of sp³-hybridized carbons (Fsp3) is 0.435. The topological polar surface area (TPSA) is 55.6 Å². The number of ether oxygens (including phenoxy) is 1. The second-order valence-electron chi connectivity index (χ2n) is 8.26. The van der Waals surface area contributed by atoms with Crippen molar-refractivity contribution >= 4 is 5.91 Å². The van der Waals surface area contributed by atoms with Crippen LogP contribution < -0.4 is 10.5 Å². The minimum Gasteiger partial charge on any atom is -0.490 e. The molecular formula is C23H24F4N2O2. The third-order valence-corrected chi connectivity index (χ3v) is 5.93. The van der Waals surface area contributed by atoms with E-state index in [0.29, 0.717) is 38.4 Å². The first-order chi connectivity index (χ1) is 14.7. The van der Waals surface area contributed by atoms with E-state index in [1.165, 1.54) is 24.3 Å². The Morgan fingerprint density at radius 3 is 2.39 bits per heavy atom. The minimum atomic E-state index is -4.46. The molecule has 0 radical (unpaired) electrons. The molecule has 8 heteroatoms. The Bertz CT molecular complexity index is 965. The highest BCUT2D eigenvalue weighted by atomic mass is 19.4. The van der Waals surface area contributed by atoms with Crippen molar-refractivity contribution in [2.45, 2.75) is 50.4 Å². The highest BCUT2D eigenvalue weighted by molar-refractivity contribution is 5.93. The van der Waals surface area contributed by atoms with Crippen LogP contribution in [0.1, 0.15) is 58.6 Å². The summed E-state index contributed by atoms with van der Waals surface area (Å²) in [5.74, 6) is -1.21. The molecule has 0 atom stereocenters. The van der Waals surface area contributed by atoms with Crippen LogP contribution in [0.25, 0.3) is 0 Å². The summed E-state index contributed by atoms with van der Waals surface area (Å²) < 4.78 is 59.5. The van der Waals surface area contributed by atoms with E-state index >= 15 is 0 Å². The molecule has 2 fully saturated rings. The van der Waals surface area contributed by atoms with Gasteiger partial charge in [0.05, 0.1) is 11.1 Å². The van der Waals surface area contributed by atoms with Crippen molar-refractivity contribution in [1.29, 1.82) is 0 Å². The van der Waals surface area contributed by atoms with Crippen LogP contribution in [-0.2, 0) is 12.7 Å². The van der Waals surface area contributed by atoms with Crippen molar-refractivity contribution in [3.05, 3.63) is 64.5 Å². The van der Waals surface area contributed by atoms with Gasteiger partial charge in [-0.2, -0.15) is 13.2 Å². The smallest absolute Gasteiger partial charge is 0.419 e. The number of carbonyl (C=O) groups excluding carboxylic acids is 1. The zero-order valence-corrected chi connectivity index (χ0v) is 16.9. The van der Waals surface area contributed by atoms with E-state index in [4.69, 9.17) is 10.5 Å². The molecule has 1 amide bonds. The first-order valence-electron chi connectivity index (χ1n) is 10.4. The van der Waals surface area contributed by atoms with Gasteiger partial charge in [-0.25, -0.2) is 4.39 Å². The molecule has 2 aromatic carbocycles. The van der Waals surface area contributed by atoms with Crippen molar-refractivity contribution in [2.24, 2.45) is 5.73 Å². The normalized spacial score (nSPS) is 18.2. The van der Waals surface area contributed by atoms with Gasteiger partial charge in [-0.3, -0.25) is 9.69 Å². The monoisotopic (exact) mass is 436 g/mol. The molecule has 0 aromatic heterocycles. The van der Waals surface area contributed by atoms with Gasteiger partial charge in [0.2, 0.25) is 0 Å². The fourth-order valence-corrected chi connectivity index (χ4v) is 4.14. The van der Waals surface area contributed by atoms with Crippen LogP contribution in [0.3, 0.4) is 0 Å². The van der Waals surface area contributed by atoms with Crippen LogP contribution >= 0.6 is 0 Å². The fourth-order valence-electron chi connectivity index (χ4n) is 4.14. The molecule has 2 aliphatic rings. The summed E-state index contributed by atoms with van der Waals surface area (Å²) in [6.07, 6.45) is -1.61. The number of carbonyl (C=O) groups is 1. The van der Waals surface area contributed by atoms with E-state index in [1.807, 2.05) is 0 Å². The number of amides is 1. The summed E-state index contributed by atoms with van der Waals surface area (Å²) in [6, 6.07) is 8.22. The highest BCUT2D eigenvalue weighted by Crippen LogP contribution is 2.43. The largest absolute Gasteiger partial charge is 0.490 e. The van der Waals surface area contributed by atoms with Crippen molar-refractivity contribution in [1.82, 2.24) is 4.90 Å². The Hall–Kier alpha value is -2.61. The van der Waals surface area contributed by atoms with Crippen LogP contribution in [0.2, 0.25) is 0 Å². The summed E-state index contributed by atoms with van der Waals surface area (Å²) in [5.41, 5.74) is 6.24. The van der Waals surface area contributed by atoms with Gasteiger partial charge in [0.15, 0.2) is 0 Å². The van der Waals surface area contributed by atoms with Gasteiger partial charge in [0, 0.05) is 19.6 Å². The lowest BCUT2D eigenvalue weighted by molar-refractivity contribution is -0.139. The molecule has 4 nitrogen and oxygen atoms in total. The predicted molar refractivity (Wildman–Crippen MR) is 107 cm³/mol. The number of hydrogen-bond donors (Lipinski definition) is 1. The Labute approximate surface area is 178 Å². The molecule has 166 valence electrons. The van der Waals surface area contributed by atoms with Gasteiger partial charge in [0.1, 0.15) is 17.7 Å². The maximum atomic E-state index is 14.3. The molecule has 2 aromatic rings. The van der Waals surface area contributed by atoms with E-state index < -0.39 is 23.5 Å². The quantitative estimate of drug-likeness (QED) is 0.658. The zero-order valence-electron chi connectivity index (χ0n) is 16.9. The lowest BCUT2D eigenvalue weighted by Crippen LogP contribution is -2.38. The molecule has 1 aliphatic carbocycles. The molecule has 0 unspecified atom stereocenters. The van der Waals surface area contributed by atoms with Gasteiger partial charge in [-0.15, -0.1) is 0 Å². The summed E-state index contributed by atoms with van der Waals surface area (Å²) in [5, 5.41) is 0. The summed E-state index contributed by atoms with van der Waals surface area (Å²) in [7, 11) is 0. The number of piperidine rings is 1. The molecule has 0 spiro atoms. The number of likely N-dealkylation sites (tertiary alicyclic amines) is 1. The lowest BCUT2D eigenvalue weighted by Gasteiger charge is -2.33. The summed E-state index contributed by atoms with van der Waals surface area (Å²) in [4.78, 5) is 13.6. The molecule has 0 bridgehead atoms. The predicted octanol–water partition coefficient (Wildman–Crippen LogP) is 4.86. The van der Waals surface area contributed by atoms with Gasteiger partial charge < -0.3 is 10.5 Å². The van der Waals surface area contributed by atoms with Crippen LogP contribution in [-0.4, -0.2) is 30.0 Å². The second-order valence-corrected chi connectivity index (χ2v) is 8.26. The van der Waals surface area contributed by atoms with Gasteiger partial charge in [-0.1, -0.05) is 12.1 Å². The molecular weight excluding hydrogens is 412 g/mol. The van der Waals surface area contributed by atoms with Crippen LogP contribution in [0.5, 0.6) is 5.75 Å². The first-order valence-corrected chi connectivity index (χ1v) is 10.4. The number of halogens is 4. The maximum absolute atomic E-state index is 14.3. The third kappa shape index (κ3) is 5.01. The third-order valence-electron chi connectivity index (χ3n) is 5.93. The molecule has 1 saturated carbocycles. The Balaban J connectivity index is 1.41. The Morgan fingerprint density at radius 2 is 1.77 bits per heavy atom. The Morgan fingerprint density at radius 1 is 1.10 bits per heavy atom. The standard InChI is InChI=1S/C23H24F4N2O2/c24-20-11-15(17(14-5-6-14)12-18(20)22(28)30)13-29-9-7-16(8-10-29)31-21-4-2-1-3-19(21)23(25,26)27/h1-4,11-12,14,16H,5-10,13H2,(H2,28,30). The molecule has 1 heterocycles. The molecule has 31 heavy (non-hydrogen) atoms. The summed E-state index contributed by atoms with van der Waals surface area (Å²) >= 11 is 0. The van der Waals surface area contributed by atoms with E-state index in [0.717, 1.165) is 30.0 Å². The van der Waals surface area contributed by atoms with Crippen LogP contribution in [0.15, 0.2) is 36.4 Å². The van der Waals surface area contributed by atoms with Crippen molar-refractivity contribution in [3.8, 4) is 5.75 Å². The van der Waals surface area contributed by atoms with Gasteiger partial charge >= 0.3 is 6.18 Å². The SMILES string of the molecule is NC(=O)c1cc(C2CC2)c(CN2CCC(Oc3ccccc3C(F)(F)F)CC2)cc1F. The number of primary amides is 1. The van der Waals surface area contributed by atoms with E-state index in [1.54, 1.807) is 6.07 Å². The highest BCUT2D eigenvalue weighted by Gasteiger charge is 2.35. The second kappa shape index (κ2) is 8.49. The Kier molecular flexibility index (Phi) is 5.92. The van der Waals surface area contributed by atoms with E-state index in [-0.39, 0.29) is 17.4 Å². The zero-order chi connectivity index (χ0) is 22.2. The minimum absolute atomic E-state index is 0.0823.